The van der Waals surface area contributed by atoms with Gasteiger partial charge in [0, 0.05) is 4.47 Å². The molecule has 1 fully saturated rings. The number of carbonyl (C=O) groups excluding carboxylic acids is 2. The Morgan fingerprint density at radius 2 is 1.84 bits per heavy atom. The van der Waals surface area contributed by atoms with E-state index in [9.17, 15) is 9.59 Å². The SMILES string of the molecule is O=C1S/C(=C\c2ccc(Br)cc2)C(=O)N1CCOc1ccccc1Cl. The Labute approximate surface area is 162 Å². The maximum absolute atomic E-state index is 12.4. The number of thioether (sulfide) groups is 1. The molecule has 0 unspecified atom stereocenters. The van der Waals surface area contributed by atoms with Gasteiger partial charge in [0.25, 0.3) is 11.1 Å². The molecule has 0 saturated carbocycles. The van der Waals surface area contributed by atoms with E-state index in [1.165, 1.54) is 4.90 Å². The molecule has 3 rings (SSSR count). The van der Waals surface area contributed by atoms with Gasteiger partial charge in [-0.15, -0.1) is 0 Å². The minimum Gasteiger partial charge on any atom is -0.490 e. The molecular formula is C18H13BrClNO3S. The number of ether oxygens (including phenoxy) is 1. The molecule has 1 saturated heterocycles. The van der Waals surface area contributed by atoms with Crippen LogP contribution >= 0.6 is 39.3 Å². The number of benzene rings is 2. The smallest absolute Gasteiger partial charge is 0.293 e. The summed E-state index contributed by atoms with van der Waals surface area (Å²) in [5.41, 5.74) is 0.862. The van der Waals surface area contributed by atoms with Crippen LogP contribution in [0.5, 0.6) is 5.75 Å². The molecule has 7 heteroatoms. The lowest BCUT2D eigenvalue weighted by Gasteiger charge is -2.13. The Morgan fingerprint density at radius 1 is 1.12 bits per heavy atom. The molecule has 0 N–H and O–H groups in total. The number of imide groups is 1. The van der Waals surface area contributed by atoms with Gasteiger partial charge in [0.1, 0.15) is 12.4 Å². The Bertz CT molecular complexity index is 838. The van der Waals surface area contributed by atoms with E-state index in [0.717, 1.165) is 21.8 Å². The molecule has 2 aromatic rings. The number of halogens is 2. The summed E-state index contributed by atoms with van der Waals surface area (Å²) in [6.45, 7) is 0.362. The highest BCUT2D eigenvalue weighted by atomic mass is 79.9. The Hall–Kier alpha value is -1.76. The summed E-state index contributed by atoms with van der Waals surface area (Å²) in [5, 5.41) is 0.197. The van der Waals surface area contributed by atoms with Gasteiger partial charge in [0.2, 0.25) is 0 Å². The van der Waals surface area contributed by atoms with Gasteiger partial charge in [-0.3, -0.25) is 14.5 Å². The van der Waals surface area contributed by atoms with Crippen LogP contribution in [0.3, 0.4) is 0 Å². The number of nitrogens with zero attached hydrogens (tertiary/aromatic N) is 1. The number of hydrogen-bond acceptors (Lipinski definition) is 4. The molecule has 128 valence electrons. The molecule has 2 aromatic carbocycles. The first-order chi connectivity index (χ1) is 12.0. The van der Waals surface area contributed by atoms with Crippen molar-refractivity contribution in [1.29, 1.82) is 0 Å². The second-order valence-corrected chi connectivity index (χ2v) is 7.48. The van der Waals surface area contributed by atoms with Crippen molar-refractivity contribution >= 4 is 56.5 Å². The van der Waals surface area contributed by atoms with Crippen LogP contribution in [-0.2, 0) is 4.79 Å². The van der Waals surface area contributed by atoms with Crippen molar-refractivity contribution in [3.8, 4) is 5.75 Å². The fourth-order valence-electron chi connectivity index (χ4n) is 2.21. The van der Waals surface area contributed by atoms with E-state index >= 15 is 0 Å². The van der Waals surface area contributed by atoms with E-state index in [0.29, 0.717) is 15.7 Å². The van der Waals surface area contributed by atoms with Crippen LogP contribution in [-0.4, -0.2) is 29.2 Å². The fourth-order valence-corrected chi connectivity index (χ4v) is 3.53. The van der Waals surface area contributed by atoms with E-state index < -0.39 is 0 Å². The summed E-state index contributed by atoms with van der Waals surface area (Å²) in [4.78, 5) is 26.1. The minimum absolute atomic E-state index is 0.174. The summed E-state index contributed by atoms with van der Waals surface area (Å²) in [7, 11) is 0. The number of amides is 2. The topological polar surface area (TPSA) is 46.6 Å². The van der Waals surface area contributed by atoms with Crippen LogP contribution in [0.2, 0.25) is 5.02 Å². The number of carbonyl (C=O) groups is 2. The summed E-state index contributed by atoms with van der Waals surface area (Å²) >= 11 is 10.3. The Kier molecular flexibility index (Phi) is 5.83. The predicted octanol–water partition coefficient (Wildman–Crippen LogP) is 5.22. The summed E-state index contributed by atoms with van der Waals surface area (Å²) in [6.07, 6.45) is 1.71. The van der Waals surface area contributed by atoms with Crippen molar-refractivity contribution in [1.82, 2.24) is 4.90 Å². The van der Waals surface area contributed by atoms with Gasteiger partial charge in [-0.25, -0.2) is 0 Å². The van der Waals surface area contributed by atoms with Crippen LogP contribution in [0.1, 0.15) is 5.56 Å². The summed E-state index contributed by atoms with van der Waals surface area (Å²) in [5.74, 6) is 0.224. The monoisotopic (exact) mass is 437 g/mol. The van der Waals surface area contributed by atoms with Crippen LogP contribution < -0.4 is 4.74 Å². The van der Waals surface area contributed by atoms with Crippen molar-refractivity contribution < 1.29 is 14.3 Å². The summed E-state index contributed by atoms with van der Waals surface area (Å²) < 4.78 is 6.50. The highest BCUT2D eigenvalue weighted by molar-refractivity contribution is 9.10. The Morgan fingerprint density at radius 3 is 2.56 bits per heavy atom. The number of rotatable bonds is 5. The molecule has 0 atom stereocenters. The van der Waals surface area contributed by atoms with Crippen LogP contribution in [0.15, 0.2) is 57.9 Å². The number of hydrogen-bond donors (Lipinski definition) is 0. The summed E-state index contributed by atoms with van der Waals surface area (Å²) in [6, 6.07) is 14.6. The molecule has 0 aromatic heterocycles. The van der Waals surface area contributed by atoms with Gasteiger partial charge < -0.3 is 4.74 Å². The Balaban J connectivity index is 1.63. The quantitative estimate of drug-likeness (QED) is 0.601. The lowest BCUT2D eigenvalue weighted by Crippen LogP contribution is -2.32. The van der Waals surface area contributed by atoms with E-state index in [1.807, 2.05) is 30.3 Å². The third kappa shape index (κ3) is 4.45. The van der Waals surface area contributed by atoms with Gasteiger partial charge in [0.15, 0.2) is 0 Å². The van der Waals surface area contributed by atoms with Gasteiger partial charge >= 0.3 is 0 Å². The van der Waals surface area contributed by atoms with Crippen LogP contribution in [0, 0.1) is 0 Å². The third-order valence-electron chi connectivity index (χ3n) is 3.45. The molecule has 0 aliphatic carbocycles. The average molecular weight is 439 g/mol. The highest BCUT2D eigenvalue weighted by Crippen LogP contribution is 2.32. The van der Waals surface area contributed by atoms with Crippen molar-refractivity contribution in [2.45, 2.75) is 0 Å². The zero-order valence-corrected chi connectivity index (χ0v) is 16.1. The first-order valence-corrected chi connectivity index (χ1v) is 9.41. The van der Waals surface area contributed by atoms with Crippen LogP contribution in [0.4, 0.5) is 4.79 Å². The second kappa shape index (κ2) is 8.08. The maximum Gasteiger partial charge on any atom is 0.293 e. The normalized spacial score (nSPS) is 15.9. The standard InChI is InChI=1S/C18H13BrClNO3S/c19-13-7-5-12(6-8-13)11-16-17(22)21(18(23)25-16)9-10-24-15-4-2-1-3-14(15)20/h1-8,11H,9-10H2/b16-11-. The zero-order valence-electron chi connectivity index (χ0n) is 12.9. The van der Waals surface area contributed by atoms with Gasteiger partial charge in [-0.1, -0.05) is 51.8 Å². The molecule has 2 amide bonds. The van der Waals surface area contributed by atoms with E-state index in [2.05, 4.69) is 15.9 Å². The molecule has 0 bridgehead atoms. The predicted molar refractivity (Wildman–Crippen MR) is 104 cm³/mol. The molecule has 1 heterocycles. The first-order valence-electron chi connectivity index (χ1n) is 7.43. The van der Waals surface area contributed by atoms with Gasteiger partial charge in [-0.05, 0) is 47.7 Å². The average Bonchev–Trinajstić information content (AvgIpc) is 2.86. The molecule has 1 aliphatic heterocycles. The van der Waals surface area contributed by atoms with E-state index in [-0.39, 0.29) is 24.3 Å². The van der Waals surface area contributed by atoms with Crippen molar-refractivity contribution in [3.63, 3.8) is 0 Å². The molecule has 4 nitrogen and oxygen atoms in total. The molecule has 0 spiro atoms. The minimum atomic E-state index is -0.305. The second-order valence-electron chi connectivity index (χ2n) is 5.16. The lowest BCUT2D eigenvalue weighted by atomic mass is 10.2. The van der Waals surface area contributed by atoms with E-state index in [4.69, 9.17) is 16.3 Å². The molecule has 0 radical (unpaired) electrons. The van der Waals surface area contributed by atoms with E-state index in [1.54, 1.807) is 24.3 Å². The lowest BCUT2D eigenvalue weighted by molar-refractivity contribution is -0.123. The molecule has 1 aliphatic rings. The zero-order chi connectivity index (χ0) is 17.8. The number of para-hydroxylation sites is 1. The molecule has 25 heavy (non-hydrogen) atoms. The van der Waals surface area contributed by atoms with Crippen molar-refractivity contribution in [3.05, 3.63) is 68.5 Å². The van der Waals surface area contributed by atoms with Crippen molar-refractivity contribution in [2.75, 3.05) is 13.2 Å². The molecular weight excluding hydrogens is 426 g/mol. The van der Waals surface area contributed by atoms with Gasteiger partial charge in [0.05, 0.1) is 16.5 Å². The highest BCUT2D eigenvalue weighted by Gasteiger charge is 2.34. The fraction of sp³-hybridized carbons (Fsp3) is 0.111. The maximum atomic E-state index is 12.4. The van der Waals surface area contributed by atoms with Gasteiger partial charge in [-0.2, -0.15) is 0 Å². The third-order valence-corrected chi connectivity index (χ3v) is 5.20. The van der Waals surface area contributed by atoms with Crippen molar-refractivity contribution in [2.24, 2.45) is 0 Å². The largest absolute Gasteiger partial charge is 0.490 e. The first kappa shape index (κ1) is 18.0. The van der Waals surface area contributed by atoms with Crippen LogP contribution in [0.25, 0.3) is 6.08 Å².